The maximum atomic E-state index is 12.0. The molecule has 1 rings (SSSR count). The molecule has 0 bridgehead atoms. The summed E-state index contributed by atoms with van der Waals surface area (Å²) in [5.74, 6) is 0.216. The third-order valence-corrected chi connectivity index (χ3v) is 3.19. The lowest BCUT2D eigenvalue weighted by atomic mass is 10.1. The maximum absolute atomic E-state index is 12.0. The number of hydrogen-bond acceptors (Lipinski definition) is 3. The molecule has 0 aromatic carbocycles. The molecule has 1 amide bonds. The highest BCUT2D eigenvalue weighted by molar-refractivity contribution is 5.76. The molecule has 0 aliphatic carbocycles. The summed E-state index contributed by atoms with van der Waals surface area (Å²) in [6.07, 6.45) is 3.84. The number of likely N-dealkylation sites (tertiary alicyclic amines) is 1. The van der Waals surface area contributed by atoms with Gasteiger partial charge in [-0.3, -0.25) is 4.79 Å². The van der Waals surface area contributed by atoms with Crippen LogP contribution in [0.5, 0.6) is 0 Å². The number of amides is 1. The first-order valence-electron chi connectivity index (χ1n) is 6.70. The minimum absolute atomic E-state index is 0.216. The van der Waals surface area contributed by atoms with Crippen LogP contribution in [0.2, 0.25) is 0 Å². The van der Waals surface area contributed by atoms with Gasteiger partial charge in [-0.2, -0.15) is 0 Å². The van der Waals surface area contributed by atoms with Gasteiger partial charge in [0.1, 0.15) is 0 Å². The summed E-state index contributed by atoms with van der Waals surface area (Å²) in [6.45, 7) is 5.97. The van der Waals surface area contributed by atoms with E-state index in [0.717, 1.165) is 25.8 Å². The van der Waals surface area contributed by atoms with Gasteiger partial charge >= 0.3 is 0 Å². The monoisotopic (exact) mass is 243 g/mol. The van der Waals surface area contributed by atoms with Crippen LogP contribution in [-0.2, 0) is 9.53 Å². The van der Waals surface area contributed by atoms with Gasteiger partial charge in [-0.05, 0) is 39.5 Å². The molecular weight excluding hydrogens is 218 g/mol. The Morgan fingerprint density at radius 1 is 1.59 bits per heavy atom. The fourth-order valence-electron chi connectivity index (χ4n) is 2.42. The van der Waals surface area contributed by atoms with Crippen molar-refractivity contribution >= 4 is 5.91 Å². The van der Waals surface area contributed by atoms with E-state index in [1.54, 1.807) is 6.92 Å². The average molecular weight is 243 g/mol. The zero-order valence-electron chi connectivity index (χ0n) is 11.0. The van der Waals surface area contributed by atoms with Gasteiger partial charge in [0.2, 0.25) is 5.91 Å². The third kappa shape index (κ3) is 5.04. The lowest BCUT2D eigenvalue weighted by molar-refractivity contribution is -0.132. The quantitative estimate of drug-likeness (QED) is 0.690. The molecule has 1 aliphatic heterocycles. The van der Waals surface area contributed by atoms with Gasteiger partial charge in [-0.25, -0.2) is 0 Å². The first-order valence-corrected chi connectivity index (χ1v) is 6.70. The summed E-state index contributed by atoms with van der Waals surface area (Å²) in [5, 5.41) is 9.40. The molecule has 0 saturated carbocycles. The van der Waals surface area contributed by atoms with E-state index in [0.29, 0.717) is 26.1 Å². The molecule has 0 spiro atoms. The van der Waals surface area contributed by atoms with Crippen molar-refractivity contribution in [3.63, 3.8) is 0 Å². The van der Waals surface area contributed by atoms with Crippen LogP contribution in [0, 0.1) is 0 Å². The molecule has 1 heterocycles. The molecule has 17 heavy (non-hydrogen) atoms. The van der Waals surface area contributed by atoms with Gasteiger partial charge in [-0.15, -0.1) is 0 Å². The van der Waals surface area contributed by atoms with E-state index in [-0.39, 0.29) is 18.1 Å². The van der Waals surface area contributed by atoms with Gasteiger partial charge in [0.25, 0.3) is 0 Å². The van der Waals surface area contributed by atoms with E-state index >= 15 is 0 Å². The predicted molar refractivity (Wildman–Crippen MR) is 66.8 cm³/mol. The largest absolute Gasteiger partial charge is 0.393 e. The summed E-state index contributed by atoms with van der Waals surface area (Å²) in [5.41, 5.74) is 0. The minimum atomic E-state index is -0.322. The number of ether oxygens (including phenoxy) is 1. The summed E-state index contributed by atoms with van der Waals surface area (Å²) >= 11 is 0. The fourth-order valence-corrected chi connectivity index (χ4v) is 2.42. The Morgan fingerprint density at radius 3 is 3.00 bits per heavy atom. The van der Waals surface area contributed by atoms with Crippen LogP contribution in [0.1, 0.15) is 46.0 Å². The van der Waals surface area contributed by atoms with Crippen LogP contribution >= 0.6 is 0 Å². The molecular formula is C13H25NO3. The van der Waals surface area contributed by atoms with E-state index in [1.807, 2.05) is 11.8 Å². The van der Waals surface area contributed by atoms with Gasteiger partial charge in [-0.1, -0.05) is 0 Å². The van der Waals surface area contributed by atoms with E-state index < -0.39 is 0 Å². The second-order valence-electron chi connectivity index (χ2n) is 4.77. The Hall–Kier alpha value is -0.610. The van der Waals surface area contributed by atoms with E-state index in [1.165, 1.54) is 0 Å². The smallest absolute Gasteiger partial charge is 0.222 e. The van der Waals surface area contributed by atoms with E-state index in [4.69, 9.17) is 4.74 Å². The molecule has 4 nitrogen and oxygen atoms in total. The maximum Gasteiger partial charge on any atom is 0.222 e. The molecule has 1 aliphatic rings. The van der Waals surface area contributed by atoms with Crippen LogP contribution in [0.3, 0.4) is 0 Å². The minimum Gasteiger partial charge on any atom is -0.393 e. The first-order chi connectivity index (χ1) is 8.15. The summed E-state index contributed by atoms with van der Waals surface area (Å²) in [7, 11) is 0. The highest BCUT2D eigenvalue weighted by atomic mass is 16.5. The Bertz CT molecular complexity index is 231. The summed E-state index contributed by atoms with van der Waals surface area (Å²) in [6, 6.07) is 0.245. The molecule has 1 N–H and O–H groups in total. The highest BCUT2D eigenvalue weighted by Gasteiger charge is 2.28. The zero-order valence-corrected chi connectivity index (χ0v) is 11.0. The van der Waals surface area contributed by atoms with Crippen LogP contribution in [0.15, 0.2) is 0 Å². The fraction of sp³-hybridized carbons (Fsp3) is 0.923. The Balaban J connectivity index is 2.29. The van der Waals surface area contributed by atoms with Crippen molar-refractivity contribution in [1.29, 1.82) is 0 Å². The number of carbonyl (C=O) groups excluding carboxylic acids is 1. The second-order valence-corrected chi connectivity index (χ2v) is 4.77. The Labute approximate surface area is 104 Å². The lowest BCUT2D eigenvalue weighted by Gasteiger charge is -2.25. The number of nitrogens with zero attached hydrogens (tertiary/aromatic N) is 1. The van der Waals surface area contributed by atoms with Crippen molar-refractivity contribution in [3.8, 4) is 0 Å². The summed E-state index contributed by atoms with van der Waals surface area (Å²) < 4.78 is 5.23. The Morgan fingerprint density at radius 2 is 2.35 bits per heavy atom. The standard InChI is InChI=1S/C13H25NO3/c1-3-17-9-5-7-13(16)14-8-4-6-12(14)10-11(2)15/h11-12,15H,3-10H2,1-2H3. The number of aliphatic hydroxyl groups excluding tert-OH is 1. The van der Waals surface area contributed by atoms with Crippen LogP contribution < -0.4 is 0 Å². The molecule has 0 aromatic rings. The third-order valence-electron chi connectivity index (χ3n) is 3.19. The lowest BCUT2D eigenvalue weighted by Crippen LogP contribution is -2.37. The SMILES string of the molecule is CCOCCCC(=O)N1CCCC1CC(C)O. The number of rotatable bonds is 7. The molecule has 4 heteroatoms. The van der Waals surface area contributed by atoms with Crippen LogP contribution in [0.4, 0.5) is 0 Å². The molecule has 2 atom stereocenters. The van der Waals surface area contributed by atoms with Crippen molar-refractivity contribution in [2.24, 2.45) is 0 Å². The van der Waals surface area contributed by atoms with Crippen molar-refractivity contribution in [3.05, 3.63) is 0 Å². The van der Waals surface area contributed by atoms with Gasteiger partial charge in [0, 0.05) is 32.2 Å². The van der Waals surface area contributed by atoms with Crippen LogP contribution in [0.25, 0.3) is 0 Å². The first kappa shape index (κ1) is 14.5. The summed E-state index contributed by atoms with van der Waals surface area (Å²) in [4.78, 5) is 13.9. The second kappa shape index (κ2) is 7.67. The molecule has 1 saturated heterocycles. The molecule has 0 radical (unpaired) electrons. The molecule has 2 unspecified atom stereocenters. The number of hydrogen-bond donors (Lipinski definition) is 1. The van der Waals surface area contributed by atoms with Crippen LogP contribution in [-0.4, -0.2) is 47.8 Å². The topological polar surface area (TPSA) is 49.8 Å². The highest BCUT2D eigenvalue weighted by Crippen LogP contribution is 2.22. The van der Waals surface area contributed by atoms with Gasteiger partial charge in [0.15, 0.2) is 0 Å². The average Bonchev–Trinajstić information content (AvgIpc) is 2.71. The van der Waals surface area contributed by atoms with Gasteiger partial charge < -0.3 is 14.7 Å². The number of aliphatic hydroxyl groups is 1. The normalized spacial score (nSPS) is 21.8. The number of carbonyl (C=O) groups is 1. The van der Waals surface area contributed by atoms with Crippen molar-refractivity contribution in [2.45, 2.75) is 58.1 Å². The predicted octanol–water partition coefficient (Wildman–Crippen LogP) is 1.56. The molecule has 1 fully saturated rings. The zero-order chi connectivity index (χ0) is 12.7. The molecule has 100 valence electrons. The van der Waals surface area contributed by atoms with Crippen molar-refractivity contribution < 1.29 is 14.6 Å². The van der Waals surface area contributed by atoms with Crippen molar-refractivity contribution in [1.82, 2.24) is 4.90 Å². The van der Waals surface area contributed by atoms with E-state index in [9.17, 15) is 9.90 Å². The Kier molecular flexibility index (Phi) is 6.52. The van der Waals surface area contributed by atoms with Crippen molar-refractivity contribution in [2.75, 3.05) is 19.8 Å². The van der Waals surface area contributed by atoms with E-state index in [2.05, 4.69) is 0 Å². The molecule has 0 aromatic heterocycles. The van der Waals surface area contributed by atoms with Gasteiger partial charge in [0.05, 0.1) is 6.10 Å².